The molecule has 12 rings (SSSR count). The number of hydrogen-bond acceptors (Lipinski definition) is 11. The first kappa shape index (κ1) is 107. The van der Waals surface area contributed by atoms with Crippen LogP contribution in [0.15, 0.2) is 127 Å². The highest BCUT2D eigenvalue weighted by atomic mass is 19.4. The summed E-state index contributed by atoms with van der Waals surface area (Å²) in [6, 6.07) is 42.0. The number of aryl methyl sites for hydroxylation is 3. The van der Waals surface area contributed by atoms with Crippen molar-refractivity contribution in [2.45, 2.75) is 392 Å². The first-order chi connectivity index (χ1) is 59.2. The Labute approximate surface area is 752 Å². The molecular formula is C108H164F6O11. The number of halogens is 6. The zero-order valence-electron chi connectivity index (χ0n) is 80.9. The maximum Gasteiger partial charge on any atom is 0.402 e. The standard InChI is InChI=1S/C30H46O3.C21H34O2.C19H26F6O2.C17H28O2.C11H16O.C10H14O/c1-4-21(2)26-10-11-28(22(3)14-26)33-29(32-13-12-31-27-8-6-5-7-9-27)30-18-23-15-24(19-30)17-25(16-23)20-30;1-6-16(4)18-12-13-20(17(5)14-18)23-21(15(2)3)22-19-10-8-7-9-11-19;1-6-12(2)13-8-7-9-14(10-13)27-16(17(3,4)5)26-11-15(18(20,21)22)19(23,24)25;1-6-11-18-17(13(3)4)19-16-10-8-9-15(12-16)14(5)7-2;1-4-8(2)10-5-6-11(12)9(3)7-10;1-3-8(2)9-5-4-6-10(11)7-9/h10-11,14,21,23-25,27,29H,4-9,12-13,15-20H2,1-3H3;12-16,19,21H,6-11H2,1-5H3;7-10,12,15-16H,6,11H2,1-5H3;8-10,12-14,17H,6-7,11H2,1-5H3;5-8,12H,4H2,1-3H3;4-8,11H,3H2,1-2H3. The van der Waals surface area contributed by atoms with Crippen molar-refractivity contribution in [2.75, 3.05) is 26.4 Å². The Kier molecular flexibility index (Phi) is 45.5. The van der Waals surface area contributed by atoms with Crippen molar-refractivity contribution < 1.29 is 79.2 Å². The van der Waals surface area contributed by atoms with Crippen molar-refractivity contribution in [1.82, 2.24) is 0 Å². The van der Waals surface area contributed by atoms with Crippen LogP contribution in [0, 0.1) is 67.1 Å². The Bertz CT molecular complexity index is 3940. The molecular weight excluding hydrogens is 1590 g/mol. The lowest BCUT2D eigenvalue weighted by Crippen LogP contribution is -2.54. The minimum atomic E-state index is -5.45. The van der Waals surface area contributed by atoms with Gasteiger partial charge in [-0.3, -0.25) is 0 Å². The summed E-state index contributed by atoms with van der Waals surface area (Å²) in [4.78, 5) is 0. The average Bonchev–Trinajstić information content (AvgIpc) is 0.735. The van der Waals surface area contributed by atoms with E-state index in [0.717, 1.165) is 84.8 Å². The summed E-state index contributed by atoms with van der Waals surface area (Å²) in [7, 11) is 0. The second-order valence-corrected chi connectivity index (χ2v) is 38.9. The summed E-state index contributed by atoms with van der Waals surface area (Å²) in [6.07, 6.45) is 16.7. The maximum atomic E-state index is 12.7. The van der Waals surface area contributed by atoms with Gasteiger partial charge in [-0.05, 0) is 288 Å². The molecule has 0 heterocycles. The third-order valence-corrected chi connectivity index (χ3v) is 26.5. The van der Waals surface area contributed by atoms with Gasteiger partial charge in [-0.25, -0.2) is 0 Å². The van der Waals surface area contributed by atoms with Crippen LogP contribution in [0.3, 0.4) is 0 Å². The van der Waals surface area contributed by atoms with Crippen molar-refractivity contribution in [3.63, 3.8) is 0 Å². The summed E-state index contributed by atoms with van der Waals surface area (Å²) in [5, 5.41) is 18.5. The quantitative estimate of drug-likeness (QED) is 0.0222. The smallest absolute Gasteiger partial charge is 0.402 e. The van der Waals surface area contributed by atoms with E-state index < -0.39 is 36.6 Å². The van der Waals surface area contributed by atoms with Crippen molar-refractivity contribution in [3.05, 3.63) is 177 Å². The fourth-order valence-corrected chi connectivity index (χ4v) is 17.5. The van der Waals surface area contributed by atoms with Crippen LogP contribution < -0.4 is 18.9 Å². The van der Waals surface area contributed by atoms with Gasteiger partial charge in [0.1, 0.15) is 34.5 Å². The second kappa shape index (κ2) is 53.0. The van der Waals surface area contributed by atoms with E-state index >= 15 is 0 Å². The molecule has 6 aromatic rings. The molecule has 10 atom stereocenters. The van der Waals surface area contributed by atoms with Crippen LogP contribution >= 0.6 is 0 Å². The van der Waals surface area contributed by atoms with Crippen molar-refractivity contribution in [3.8, 4) is 34.5 Å². The Hall–Kier alpha value is -6.50. The van der Waals surface area contributed by atoms with E-state index in [4.69, 9.17) is 47.7 Å². The highest BCUT2D eigenvalue weighted by molar-refractivity contribution is 5.40. The van der Waals surface area contributed by atoms with Gasteiger partial charge in [-0.15, -0.1) is 0 Å². The third-order valence-electron chi connectivity index (χ3n) is 26.5. The summed E-state index contributed by atoms with van der Waals surface area (Å²) in [5.74, 6) is 6.89. The van der Waals surface area contributed by atoms with Crippen molar-refractivity contribution >= 4 is 0 Å². The fourth-order valence-electron chi connectivity index (χ4n) is 17.5. The summed E-state index contributed by atoms with van der Waals surface area (Å²) >= 11 is 0. The lowest BCUT2D eigenvalue weighted by Gasteiger charge is -2.58. The van der Waals surface area contributed by atoms with Crippen LogP contribution in [0.2, 0.25) is 0 Å². The lowest BCUT2D eigenvalue weighted by molar-refractivity contribution is -0.305. The van der Waals surface area contributed by atoms with Crippen LogP contribution in [0.1, 0.15) is 372 Å². The molecule has 0 amide bonds. The number of phenols is 2. The van der Waals surface area contributed by atoms with Crippen molar-refractivity contribution in [2.24, 2.45) is 46.3 Å². The summed E-state index contributed by atoms with van der Waals surface area (Å²) in [5.41, 5.74) is 10.4. The molecule has 0 radical (unpaired) electrons. The minimum Gasteiger partial charge on any atom is -0.508 e. The van der Waals surface area contributed by atoms with E-state index in [2.05, 4.69) is 178 Å². The zero-order valence-corrected chi connectivity index (χ0v) is 80.9. The molecule has 0 aromatic heterocycles. The number of aromatic hydroxyl groups is 2. The maximum absolute atomic E-state index is 12.7. The molecule has 125 heavy (non-hydrogen) atoms. The molecule has 0 spiro atoms. The van der Waals surface area contributed by atoms with E-state index in [-0.39, 0.29) is 30.2 Å². The first-order valence-electron chi connectivity index (χ1n) is 48.1. The second-order valence-electron chi connectivity index (χ2n) is 38.9. The molecule has 6 aliphatic carbocycles. The topological polar surface area (TPSA) is 124 Å². The Morgan fingerprint density at radius 1 is 0.400 bits per heavy atom. The number of ether oxygens (including phenoxy) is 9. The van der Waals surface area contributed by atoms with Crippen LogP contribution in [-0.2, 0) is 23.7 Å². The summed E-state index contributed by atoms with van der Waals surface area (Å²) in [6.45, 7) is 48.6. The van der Waals surface area contributed by atoms with E-state index in [1.807, 2.05) is 57.2 Å². The van der Waals surface area contributed by atoms with Crippen molar-refractivity contribution in [1.29, 1.82) is 0 Å². The van der Waals surface area contributed by atoms with Crippen LogP contribution in [0.5, 0.6) is 34.5 Å². The van der Waals surface area contributed by atoms with E-state index in [9.17, 15) is 31.4 Å². The predicted molar refractivity (Wildman–Crippen MR) is 500 cm³/mol. The Morgan fingerprint density at radius 2 is 0.800 bits per heavy atom. The van der Waals surface area contributed by atoms with Crippen LogP contribution in [0.25, 0.3) is 0 Å². The molecule has 4 bridgehead atoms. The molecule has 0 aliphatic heterocycles. The SMILES string of the molecule is CCC(C)c1ccc(O)c(C)c1.CCC(C)c1ccc(OC(OC2CCCCC2)C(C)C)c(C)c1.CCC(C)c1ccc(OC(OCCOC2CCCCC2)C23CC4CC(CC(C4)C2)C3)c(C)c1.CCC(C)c1cccc(O)c1.CCC(C)c1cccc(OC(OCC(C(F)(F)F)C(F)(F)F)C(C)(C)C)c1.CCCOC(Oc1cccc(C(C)CC)c1)C(C)C. The molecule has 10 unspecified atom stereocenters. The van der Waals surface area contributed by atoms with E-state index in [1.54, 1.807) is 51.1 Å². The van der Waals surface area contributed by atoms with Gasteiger partial charge in [0.05, 0.1) is 38.6 Å². The molecule has 6 fully saturated rings. The highest BCUT2D eigenvalue weighted by Crippen LogP contribution is 2.62. The molecule has 17 heteroatoms. The van der Waals surface area contributed by atoms with Crippen LogP contribution in [-0.4, -0.2) is 86.4 Å². The van der Waals surface area contributed by atoms with Gasteiger partial charge in [0.15, 0.2) is 5.92 Å². The normalized spacial score (nSPS) is 20.2. The number of hydrogen-bond donors (Lipinski definition) is 2. The zero-order chi connectivity index (χ0) is 92.4. The molecule has 0 saturated heterocycles. The van der Waals surface area contributed by atoms with Gasteiger partial charge in [0, 0.05) is 22.7 Å². The number of alkyl halides is 6. The van der Waals surface area contributed by atoms with Gasteiger partial charge in [-0.1, -0.05) is 250 Å². The average molecular weight is 1750 g/mol. The Morgan fingerprint density at radius 3 is 1.20 bits per heavy atom. The number of phenolic OH excluding ortho intramolecular Hbond substituents is 2. The van der Waals surface area contributed by atoms with E-state index in [0.29, 0.717) is 84.1 Å². The highest BCUT2D eigenvalue weighted by Gasteiger charge is 2.58. The number of rotatable bonds is 36. The molecule has 2 N–H and O–H groups in total. The molecule has 6 aromatic carbocycles. The summed E-state index contributed by atoms with van der Waals surface area (Å²) < 4.78 is 131. The monoisotopic (exact) mass is 1750 g/mol. The van der Waals surface area contributed by atoms with E-state index in [1.165, 1.54) is 155 Å². The van der Waals surface area contributed by atoms with Crippen LogP contribution in [0.4, 0.5) is 26.3 Å². The van der Waals surface area contributed by atoms with Gasteiger partial charge in [0.2, 0.25) is 25.2 Å². The number of benzene rings is 6. The van der Waals surface area contributed by atoms with Gasteiger partial charge >= 0.3 is 12.4 Å². The minimum absolute atomic E-state index is 0.144. The third kappa shape index (κ3) is 35.7. The Balaban J connectivity index is 0.000000240. The fraction of sp³-hybridized carbons (Fsp3) is 0.667. The largest absolute Gasteiger partial charge is 0.508 e. The molecule has 11 nitrogen and oxygen atoms in total. The first-order valence-corrected chi connectivity index (χ1v) is 48.1. The molecule has 6 saturated carbocycles. The predicted octanol–water partition coefficient (Wildman–Crippen LogP) is 31.8. The van der Waals surface area contributed by atoms with Gasteiger partial charge in [-0.2, -0.15) is 26.3 Å². The van der Waals surface area contributed by atoms with Gasteiger partial charge < -0.3 is 52.8 Å². The lowest BCUT2D eigenvalue weighted by atomic mass is 9.49. The van der Waals surface area contributed by atoms with Gasteiger partial charge in [0.25, 0.3) is 0 Å². The molecule has 6 aliphatic rings. The molecule has 704 valence electrons.